The first kappa shape index (κ1) is 15.4. The smallest absolute Gasteiger partial charge is 0.399 e. The molecule has 0 saturated carbocycles. The highest BCUT2D eigenvalue weighted by molar-refractivity contribution is 6.62. The predicted molar refractivity (Wildman–Crippen MR) is 83.9 cm³/mol. The summed E-state index contributed by atoms with van der Waals surface area (Å²) in [5.74, 6) is 0. The summed E-state index contributed by atoms with van der Waals surface area (Å²) in [6.07, 6.45) is 0. The van der Waals surface area contributed by atoms with E-state index in [1.165, 1.54) is 0 Å². The molecule has 110 valence electrons. The molecule has 1 aromatic carbocycles. The molecule has 0 radical (unpaired) electrons. The molecule has 4 nitrogen and oxygen atoms in total. The summed E-state index contributed by atoms with van der Waals surface area (Å²) in [6, 6.07) is 2.06. The first-order chi connectivity index (χ1) is 9.10. The van der Waals surface area contributed by atoms with Crippen molar-refractivity contribution >= 4 is 18.3 Å². The SMILES string of the molecule is Cc1c(CN)cc(B2OC(C)(C)C(C)(C)O2)c(C)c1N. The maximum Gasteiger partial charge on any atom is 0.495 e. The molecule has 0 atom stereocenters. The Balaban J connectivity index is 2.48. The molecule has 0 aromatic heterocycles. The monoisotopic (exact) mass is 276 g/mol. The molecule has 0 bridgehead atoms. The van der Waals surface area contributed by atoms with Crippen molar-refractivity contribution in [1.29, 1.82) is 0 Å². The van der Waals surface area contributed by atoms with Gasteiger partial charge in [0.2, 0.25) is 0 Å². The Morgan fingerprint density at radius 3 is 2.00 bits per heavy atom. The number of nitrogen functional groups attached to an aromatic ring is 1. The van der Waals surface area contributed by atoms with E-state index >= 15 is 0 Å². The fourth-order valence-corrected chi connectivity index (χ4v) is 2.44. The van der Waals surface area contributed by atoms with Crippen LogP contribution in [0.3, 0.4) is 0 Å². The second kappa shape index (κ2) is 4.76. The quantitative estimate of drug-likeness (QED) is 0.636. The van der Waals surface area contributed by atoms with Crippen LogP contribution in [0.1, 0.15) is 44.4 Å². The lowest BCUT2D eigenvalue weighted by molar-refractivity contribution is 0.00578. The van der Waals surface area contributed by atoms with Gasteiger partial charge in [0.1, 0.15) is 0 Å². The van der Waals surface area contributed by atoms with Gasteiger partial charge in [-0.05, 0) is 63.7 Å². The van der Waals surface area contributed by atoms with E-state index in [0.717, 1.165) is 27.8 Å². The Labute approximate surface area is 122 Å². The largest absolute Gasteiger partial charge is 0.495 e. The summed E-state index contributed by atoms with van der Waals surface area (Å²) in [6.45, 7) is 12.6. The average molecular weight is 276 g/mol. The number of hydrogen-bond acceptors (Lipinski definition) is 4. The lowest BCUT2D eigenvalue weighted by Gasteiger charge is -2.32. The minimum atomic E-state index is -0.395. The Hall–Kier alpha value is -1.04. The average Bonchev–Trinajstić information content (AvgIpc) is 2.56. The second-order valence-electron chi connectivity index (χ2n) is 6.58. The number of nitrogens with two attached hydrogens (primary N) is 2. The second-order valence-corrected chi connectivity index (χ2v) is 6.58. The number of rotatable bonds is 2. The first-order valence-corrected chi connectivity index (χ1v) is 7.05. The molecular weight excluding hydrogens is 251 g/mol. The molecule has 0 amide bonds. The minimum Gasteiger partial charge on any atom is -0.399 e. The van der Waals surface area contributed by atoms with Crippen LogP contribution in [-0.2, 0) is 15.9 Å². The summed E-state index contributed by atoms with van der Waals surface area (Å²) in [5.41, 5.74) is 16.1. The molecule has 4 N–H and O–H groups in total. The molecule has 1 saturated heterocycles. The van der Waals surface area contributed by atoms with Crippen LogP contribution in [0, 0.1) is 13.8 Å². The highest BCUT2D eigenvalue weighted by Gasteiger charge is 2.52. The molecule has 1 fully saturated rings. The van der Waals surface area contributed by atoms with Gasteiger partial charge in [0.15, 0.2) is 0 Å². The summed E-state index contributed by atoms with van der Waals surface area (Å²) < 4.78 is 12.2. The van der Waals surface area contributed by atoms with E-state index in [4.69, 9.17) is 20.8 Å². The Morgan fingerprint density at radius 2 is 1.55 bits per heavy atom. The van der Waals surface area contributed by atoms with E-state index in [2.05, 4.69) is 6.07 Å². The Morgan fingerprint density at radius 1 is 1.05 bits per heavy atom. The number of benzene rings is 1. The van der Waals surface area contributed by atoms with Crippen molar-refractivity contribution in [3.8, 4) is 0 Å². The standard InChI is InChI=1S/C15H25BN2O2/c1-9-11(8-17)7-12(10(2)13(9)18)16-19-14(3,4)15(5,6)20-16/h7H,8,17-18H2,1-6H3. The van der Waals surface area contributed by atoms with Gasteiger partial charge >= 0.3 is 7.12 Å². The summed E-state index contributed by atoms with van der Waals surface area (Å²) in [4.78, 5) is 0. The van der Waals surface area contributed by atoms with Crippen LogP contribution in [-0.4, -0.2) is 18.3 Å². The third kappa shape index (κ3) is 2.24. The van der Waals surface area contributed by atoms with E-state index < -0.39 is 7.12 Å². The summed E-state index contributed by atoms with van der Waals surface area (Å²) >= 11 is 0. The van der Waals surface area contributed by atoms with Crippen LogP contribution in [0.2, 0.25) is 0 Å². The normalized spacial score (nSPS) is 20.4. The third-order valence-electron chi connectivity index (χ3n) is 4.78. The number of hydrogen-bond donors (Lipinski definition) is 2. The maximum absolute atomic E-state index is 6.20. The fourth-order valence-electron chi connectivity index (χ4n) is 2.44. The minimum absolute atomic E-state index is 0.355. The van der Waals surface area contributed by atoms with Gasteiger partial charge < -0.3 is 20.8 Å². The van der Waals surface area contributed by atoms with Crippen LogP contribution in [0.15, 0.2) is 6.07 Å². The first-order valence-electron chi connectivity index (χ1n) is 7.05. The molecule has 5 heteroatoms. The molecule has 0 spiro atoms. The van der Waals surface area contributed by atoms with Crippen LogP contribution < -0.4 is 16.9 Å². The van der Waals surface area contributed by atoms with E-state index in [9.17, 15) is 0 Å². The molecule has 1 aromatic rings. The molecule has 0 aliphatic carbocycles. The molecule has 1 heterocycles. The molecule has 20 heavy (non-hydrogen) atoms. The predicted octanol–water partition coefficient (Wildman–Crippen LogP) is 1.64. The molecule has 2 rings (SSSR count). The zero-order valence-electron chi connectivity index (χ0n) is 13.3. The van der Waals surface area contributed by atoms with Crippen molar-refractivity contribution in [2.45, 2.75) is 59.3 Å². The van der Waals surface area contributed by atoms with Crippen molar-refractivity contribution < 1.29 is 9.31 Å². The van der Waals surface area contributed by atoms with Gasteiger partial charge in [-0.3, -0.25) is 0 Å². The van der Waals surface area contributed by atoms with E-state index in [1.807, 2.05) is 41.5 Å². The molecule has 1 aliphatic rings. The summed E-state index contributed by atoms with van der Waals surface area (Å²) in [7, 11) is -0.395. The fraction of sp³-hybridized carbons (Fsp3) is 0.600. The van der Waals surface area contributed by atoms with Gasteiger partial charge in [-0.25, -0.2) is 0 Å². The Kier molecular flexibility index (Phi) is 3.65. The maximum atomic E-state index is 6.20. The van der Waals surface area contributed by atoms with Crippen LogP contribution in [0.4, 0.5) is 5.69 Å². The van der Waals surface area contributed by atoms with Crippen molar-refractivity contribution in [3.05, 3.63) is 22.8 Å². The lowest BCUT2D eigenvalue weighted by Crippen LogP contribution is -2.41. The van der Waals surface area contributed by atoms with Crippen molar-refractivity contribution in [2.75, 3.05) is 5.73 Å². The van der Waals surface area contributed by atoms with Crippen molar-refractivity contribution in [2.24, 2.45) is 5.73 Å². The summed E-state index contributed by atoms with van der Waals surface area (Å²) in [5, 5.41) is 0. The lowest BCUT2D eigenvalue weighted by atomic mass is 9.74. The van der Waals surface area contributed by atoms with Gasteiger partial charge in [0.25, 0.3) is 0 Å². The third-order valence-corrected chi connectivity index (χ3v) is 4.78. The van der Waals surface area contributed by atoms with Crippen LogP contribution >= 0.6 is 0 Å². The molecule has 0 unspecified atom stereocenters. The number of anilines is 1. The van der Waals surface area contributed by atoms with Gasteiger partial charge in [0.05, 0.1) is 11.2 Å². The van der Waals surface area contributed by atoms with Crippen LogP contribution in [0.5, 0.6) is 0 Å². The van der Waals surface area contributed by atoms with Crippen LogP contribution in [0.25, 0.3) is 0 Å². The van der Waals surface area contributed by atoms with Gasteiger partial charge in [-0.2, -0.15) is 0 Å². The van der Waals surface area contributed by atoms with Crippen molar-refractivity contribution in [3.63, 3.8) is 0 Å². The Bertz CT molecular complexity index is 525. The van der Waals surface area contributed by atoms with Crippen molar-refractivity contribution in [1.82, 2.24) is 0 Å². The highest BCUT2D eigenvalue weighted by Crippen LogP contribution is 2.37. The van der Waals surface area contributed by atoms with E-state index in [0.29, 0.717) is 6.54 Å². The van der Waals surface area contributed by atoms with Gasteiger partial charge in [-0.1, -0.05) is 6.07 Å². The molecular formula is C15H25BN2O2. The zero-order chi connectivity index (χ0) is 15.3. The topological polar surface area (TPSA) is 70.5 Å². The van der Waals surface area contributed by atoms with Gasteiger partial charge in [-0.15, -0.1) is 0 Å². The van der Waals surface area contributed by atoms with E-state index in [1.54, 1.807) is 0 Å². The van der Waals surface area contributed by atoms with Gasteiger partial charge in [0, 0.05) is 12.2 Å². The van der Waals surface area contributed by atoms with E-state index in [-0.39, 0.29) is 11.2 Å². The highest BCUT2D eigenvalue weighted by atomic mass is 16.7. The molecule has 1 aliphatic heterocycles. The zero-order valence-corrected chi connectivity index (χ0v) is 13.3.